The Kier molecular flexibility index (Phi) is 9.54. The van der Waals surface area contributed by atoms with E-state index in [1.54, 1.807) is 0 Å². The van der Waals surface area contributed by atoms with Gasteiger partial charge in [-0.25, -0.2) is 0 Å². The largest absolute Gasteiger partial charge is 0.390 e. The number of rotatable bonds is 6. The molecule has 4 saturated carbocycles. The molecule has 9 aliphatic rings. The zero-order valence-electron chi connectivity index (χ0n) is 33.4. The Morgan fingerprint density at radius 2 is 1.78 bits per heavy atom. The van der Waals surface area contributed by atoms with Gasteiger partial charge in [0.25, 0.3) is 0 Å². The third-order valence-electron chi connectivity index (χ3n) is 18.6. The van der Waals surface area contributed by atoms with E-state index in [0.717, 1.165) is 62.1 Å². The molecule has 9 nitrogen and oxygen atoms in total. The summed E-state index contributed by atoms with van der Waals surface area (Å²) in [6, 6.07) is 0. The zero-order valence-corrected chi connectivity index (χ0v) is 33.4. The summed E-state index contributed by atoms with van der Waals surface area (Å²) in [7, 11) is 0. The predicted molar refractivity (Wildman–Crippen MR) is 204 cm³/mol. The molecule has 20 atom stereocenters. The molecule has 0 aromatic rings. The van der Waals surface area contributed by atoms with Crippen LogP contribution in [0.25, 0.3) is 0 Å². The number of aliphatic hydroxyl groups excluding tert-OH is 3. The van der Waals surface area contributed by atoms with Crippen LogP contribution in [0.1, 0.15) is 124 Å². The first-order valence-electron chi connectivity index (χ1n) is 22.3. The number of aliphatic hydroxyl groups is 5. The van der Waals surface area contributed by atoms with E-state index in [0.29, 0.717) is 43.9 Å². The molecule has 20 unspecified atom stereocenters. The number of piperidine rings is 1. The van der Waals surface area contributed by atoms with Crippen LogP contribution < -0.4 is 11.1 Å². The number of Topliss-reactive ketones (excluding diaryl/α,β-unsaturated/α-hetero) is 1. The third-order valence-corrected chi connectivity index (χ3v) is 18.6. The molecule has 9 heteroatoms. The fourth-order valence-corrected chi connectivity index (χ4v) is 15.9. The lowest BCUT2D eigenvalue weighted by Gasteiger charge is -2.66. The van der Waals surface area contributed by atoms with Crippen molar-refractivity contribution in [3.63, 3.8) is 0 Å². The minimum absolute atomic E-state index is 0.00484. The van der Waals surface area contributed by atoms with Gasteiger partial charge in [-0.15, -0.1) is 0 Å². The van der Waals surface area contributed by atoms with Gasteiger partial charge in [-0.2, -0.15) is 0 Å². The van der Waals surface area contributed by atoms with Gasteiger partial charge < -0.3 is 35.6 Å². The second kappa shape index (κ2) is 13.4. The van der Waals surface area contributed by atoms with Crippen molar-refractivity contribution in [2.24, 2.45) is 75.7 Å². The summed E-state index contributed by atoms with van der Waals surface area (Å²) in [4.78, 5) is 15.0. The van der Waals surface area contributed by atoms with Crippen molar-refractivity contribution in [2.75, 3.05) is 6.54 Å². The van der Waals surface area contributed by atoms with Gasteiger partial charge in [0.15, 0.2) is 5.78 Å². The van der Waals surface area contributed by atoms with Gasteiger partial charge in [0.05, 0.1) is 42.2 Å². The van der Waals surface area contributed by atoms with E-state index in [4.69, 9.17) is 10.5 Å². The molecule has 54 heavy (non-hydrogen) atoms. The smallest absolute Gasteiger partial charge is 0.162 e. The molecule has 302 valence electrons. The van der Waals surface area contributed by atoms with Crippen LogP contribution >= 0.6 is 0 Å². The van der Waals surface area contributed by atoms with E-state index in [2.05, 4.69) is 38.2 Å². The molecule has 2 heterocycles. The van der Waals surface area contributed by atoms with Crippen molar-refractivity contribution in [2.45, 2.75) is 172 Å². The Bertz CT molecular complexity index is 1540. The molecule has 0 aromatic heterocycles. The van der Waals surface area contributed by atoms with Gasteiger partial charge in [0, 0.05) is 23.7 Å². The van der Waals surface area contributed by atoms with Crippen molar-refractivity contribution in [3.8, 4) is 0 Å². The molecule has 0 aromatic carbocycles. The topological polar surface area (TPSA) is 170 Å². The Morgan fingerprint density at radius 3 is 2.52 bits per heavy atom. The Balaban J connectivity index is 1.09. The second-order valence-electron chi connectivity index (χ2n) is 21.0. The molecule has 2 aliphatic heterocycles. The van der Waals surface area contributed by atoms with Gasteiger partial charge in [0.2, 0.25) is 0 Å². The second-order valence-corrected chi connectivity index (χ2v) is 21.0. The van der Waals surface area contributed by atoms with Gasteiger partial charge in [0.1, 0.15) is 12.3 Å². The average Bonchev–Trinajstić information content (AvgIpc) is 3.38. The lowest BCUT2D eigenvalue weighted by atomic mass is 9.39. The molecule has 9 rings (SSSR count). The van der Waals surface area contributed by atoms with Crippen molar-refractivity contribution in [1.29, 1.82) is 0 Å². The van der Waals surface area contributed by atoms with E-state index in [9.17, 15) is 30.3 Å². The maximum Gasteiger partial charge on any atom is 0.162 e. The maximum absolute atomic E-state index is 15.0. The monoisotopic (exact) mass is 752 g/mol. The fourth-order valence-electron chi connectivity index (χ4n) is 15.9. The minimum atomic E-state index is -1.53. The quantitative estimate of drug-likeness (QED) is 0.202. The van der Waals surface area contributed by atoms with Crippen molar-refractivity contribution >= 4 is 5.78 Å². The van der Waals surface area contributed by atoms with Crippen LogP contribution in [0, 0.1) is 70.0 Å². The lowest BCUT2D eigenvalue weighted by Crippen LogP contribution is -2.95. The van der Waals surface area contributed by atoms with Crippen LogP contribution in [0.2, 0.25) is 0 Å². The van der Waals surface area contributed by atoms with Gasteiger partial charge in [-0.3, -0.25) is 10.5 Å². The van der Waals surface area contributed by atoms with Crippen LogP contribution in [0.4, 0.5) is 0 Å². The van der Waals surface area contributed by atoms with Crippen molar-refractivity contribution in [3.05, 3.63) is 23.3 Å². The highest BCUT2D eigenvalue weighted by molar-refractivity contribution is 6.00. The number of ether oxygens (including phenoxy) is 1. The summed E-state index contributed by atoms with van der Waals surface area (Å²) in [6.45, 7) is 9.36. The summed E-state index contributed by atoms with van der Waals surface area (Å²) in [5.41, 5.74) is 3.75. The first kappa shape index (κ1) is 38.4. The van der Waals surface area contributed by atoms with E-state index >= 15 is 0 Å². The van der Waals surface area contributed by atoms with Crippen molar-refractivity contribution in [1.82, 2.24) is 0 Å². The molecule has 9 N–H and O–H groups in total. The van der Waals surface area contributed by atoms with E-state index in [1.165, 1.54) is 19.3 Å². The highest BCUT2D eigenvalue weighted by Gasteiger charge is 2.76. The summed E-state index contributed by atoms with van der Waals surface area (Å²) in [5, 5.41) is 63.8. The molecule has 0 amide bonds. The summed E-state index contributed by atoms with van der Waals surface area (Å²) in [5.74, 6) is 0.832. The minimum Gasteiger partial charge on any atom is -0.390 e. The first-order valence-corrected chi connectivity index (χ1v) is 22.3. The SMILES string of the molecule is CCCC1CCC2OC(C(O)C(C)(O)C3CC4CCC5=C6C7C(C=CC(C8CCC(N)[NH2+]C8)CC78CC(O)C(O)CC8C5=O)CC3(C)C64O)C(C)C2CC1. The number of nitrogens with two attached hydrogens (primary N) is 2. The van der Waals surface area contributed by atoms with Crippen LogP contribution in [0.3, 0.4) is 0 Å². The van der Waals surface area contributed by atoms with Crippen molar-refractivity contribution < 1.29 is 40.4 Å². The Hall–Kier alpha value is -1.17. The Morgan fingerprint density at radius 1 is 1.02 bits per heavy atom. The zero-order chi connectivity index (χ0) is 38.1. The number of ketones is 1. The number of hydrogen-bond acceptors (Lipinski definition) is 8. The number of carbonyl (C=O) groups excluding carboxylic acids is 1. The van der Waals surface area contributed by atoms with Gasteiger partial charge in [-0.05, 0) is 141 Å². The highest BCUT2D eigenvalue weighted by Crippen LogP contribution is 2.76. The van der Waals surface area contributed by atoms with E-state index in [-0.39, 0.29) is 54.1 Å². The summed E-state index contributed by atoms with van der Waals surface area (Å²) >= 11 is 0. The highest BCUT2D eigenvalue weighted by atomic mass is 16.5. The summed E-state index contributed by atoms with van der Waals surface area (Å²) < 4.78 is 6.79. The summed E-state index contributed by atoms with van der Waals surface area (Å²) in [6.07, 6.45) is 14.3. The lowest BCUT2D eigenvalue weighted by molar-refractivity contribution is -0.703. The standard InChI is InChI=1S/C45H70N2O7/c1-5-6-24-7-13-29-23(2)40(54-34(29)15-8-24)41(51)43(4,52)35-17-28-12-14-30-38-37-26(19-42(35,3)45(28,38)53)10-9-25(27-11-16-36(46)47-22-27)20-44(37)21-33(49)32(48)18-31(44)39(30)50/h9-10,23-29,31-37,40-41,47-49,51-53H,5-8,11-22,46H2,1-4H3/p+1. The first-order chi connectivity index (χ1) is 25.7. The maximum atomic E-state index is 15.0. The fraction of sp³-hybridized carbons (Fsp3) is 0.889. The molecular weight excluding hydrogens is 681 g/mol. The normalized spacial score (nSPS) is 54.2. The predicted octanol–water partition coefficient (Wildman–Crippen LogP) is 3.74. The van der Waals surface area contributed by atoms with Gasteiger partial charge >= 0.3 is 0 Å². The van der Waals surface area contributed by atoms with Crippen LogP contribution in [-0.4, -0.2) is 85.7 Å². The molecule has 0 radical (unpaired) electrons. The number of hydrogen-bond donors (Lipinski definition) is 7. The average molecular weight is 752 g/mol. The van der Waals surface area contributed by atoms with Crippen LogP contribution in [-0.2, 0) is 9.53 Å². The number of quaternary nitrogens is 1. The van der Waals surface area contributed by atoms with E-state index < -0.39 is 58.3 Å². The van der Waals surface area contributed by atoms with Crippen LogP contribution in [0.5, 0.6) is 0 Å². The molecule has 1 spiro atoms. The van der Waals surface area contributed by atoms with Gasteiger partial charge in [-0.1, -0.05) is 52.2 Å². The third kappa shape index (κ3) is 5.33. The molecule has 2 saturated heterocycles. The molecule has 6 fully saturated rings. The molecule has 7 aliphatic carbocycles. The molecule has 0 bridgehead atoms. The van der Waals surface area contributed by atoms with Crippen LogP contribution in [0.15, 0.2) is 23.3 Å². The van der Waals surface area contributed by atoms with E-state index in [1.807, 2.05) is 6.92 Å². The Labute approximate surface area is 323 Å². The number of allylic oxidation sites excluding steroid dienone is 3. The number of fused-ring (bicyclic) bond motifs is 1. The number of carbonyl (C=O) groups is 1. The molecular formula is C45H71N2O7+.